The fraction of sp³-hybridized carbons (Fsp3) is 0.200. The van der Waals surface area contributed by atoms with Crippen molar-refractivity contribution in [3.8, 4) is 0 Å². The molecule has 0 aliphatic heterocycles. The molecule has 0 amide bonds. The second kappa shape index (κ2) is 1.94. The van der Waals surface area contributed by atoms with Crippen LogP contribution in [0.2, 0.25) is 0 Å². The quantitative estimate of drug-likeness (QED) is 0.467. The van der Waals surface area contributed by atoms with Gasteiger partial charge in [-0.1, -0.05) is 9.24 Å². The third kappa shape index (κ3) is 1.25. The topological polar surface area (TPSA) is 0 Å². The molecule has 1 aromatic heterocycles. The SMILES string of the molecule is Cc1csc(P)c1. The molecule has 7 heavy (non-hydrogen) atoms. The van der Waals surface area contributed by atoms with Gasteiger partial charge in [-0.3, -0.25) is 0 Å². The zero-order chi connectivity index (χ0) is 5.28. The Morgan fingerprint density at radius 3 is 2.57 bits per heavy atom. The van der Waals surface area contributed by atoms with Crippen molar-refractivity contribution in [3.63, 3.8) is 0 Å². The summed E-state index contributed by atoms with van der Waals surface area (Å²) in [6, 6.07) is 2.15. The van der Waals surface area contributed by atoms with E-state index in [-0.39, 0.29) is 0 Å². The van der Waals surface area contributed by atoms with E-state index in [1.54, 1.807) is 11.3 Å². The Balaban J connectivity index is 3.04. The van der Waals surface area contributed by atoms with Crippen LogP contribution in [0.1, 0.15) is 5.56 Å². The minimum absolute atomic E-state index is 1.32. The molecule has 1 rings (SSSR count). The van der Waals surface area contributed by atoms with Gasteiger partial charge in [-0.05, 0) is 23.9 Å². The first kappa shape index (κ1) is 5.27. The van der Waals surface area contributed by atoms with Gasteiger partial charge in [0, 0.05) is 4.62 Å². The van der Waals surface area contributed by atoms with E-state index >= 15 is 0 Å². The molecule has 0 saturated heterocycles. The summed E-state index contributed by atoms with van der Waals surface area (Å²) in [4.78, 5) is 0. The van der Waals surface area contributed by atoms with Crippen molar-refractivity contribution in [2.45, 2.75) is 6.92 Å². The number of aryl methyl sites for hydroxylation is 1. The van der Waals surface area contributed by atoms with E-state index in [0.29, 0.717) is 0 Å². The summed E-state index contributed by atoms with van der Waals surface area (Å²) in [5, 5.41) is 2.14. The highest BCUT2D eigenvalue weighted by atomic mass is 32.1. The normalized spacial score (nSPS) is 9.43. The molecule has 0 bridgehead atoms. The smallest absolute Gasteiger partial charge is 0.0219 e. The van der Waals surface area contributed by atoms with Gasteiger partial charge in [0.2, 0.25) is 0 Å². The van der Waals surface area contributed by atoms with Gasteiger partial charge in [-0.25, -0.2) is 0 Å². The fourth-order valence-corrected chi connectivity index (χ4v) is 1.56. The summed E-state index contributed by atoms with van der Waals surface area (Å²) in [6.07, 6.45) is 0. The molecular weight excluding hydrogens is 123 g/mol. The first-order valence-electron chi connectivity index (χ1n) is 2.09. The van der Waals surface area contributed by atoms with Crippen LogP contribution >= 0.6 is 20.6 Å². The van der Waals surface area contributed by atoms with Crippen LogP contribution in [-0.2, 0) is 0 Å². The molecule has 0 saturated carbocycles. The summed E-state index contributed by atoms with van der Waals surface area (Å²) in [7, 11) is 2.67. The highest BCUT2D eigenvalue weighted by molar-refractivity contribution is 7.42. The third-order valence-electron chi connectivity index (χ3n) is 0.751. The molecular formula is C5H7PS. The van der Waals surface area contributed by atoms with Gasteiger partial charge in [-0.15, -0.1) is 11.3 Å². The zero-order valence-corrected chi connectivity index (χ0v) is 6.11. The van der Waals surface area contributed by atoms with Gasteiger partial charge in [0.05, 0.1) is 0 Å². The average molecular weight is 130 g/mol. The molecule has 1 aromatic rings. The van der Waals surface area contributed by atoms with Gasteiger partial charge in [0.15, 0.2) is 0 Å². The van der Waals surface area contributed by atoms with E-state index in [1.165, 1.54) is 10.2 Å². The molecule has 0 aromatic carbocycles. The molecule has 1 unspecified atom stereocenters. The Hall–Kier alpha value is 0.130. The van der Waals surface area contributed by atoms with Crippen LogP contribution in [-0.4, -0.2) is 0 Å². The van der Waals surface area contributed by atoms with Crippen LogP contribution < -0.4 is 4.62 Å². The van der Waals surface area contributed by atoms with Gasteiger partial charge in [-0.2, -0.15) is 0 Å². The van der Waals surface area contributed by atoms with Crippen molar-refractivity contribution in [1.29, 1.82) is 0 Å². The van der Waals surface area contributed by atoms with Crippen molar-refractivity contribution in [3.05, 3.63) is 17.0 Å². The Bertz CT molecular complexity index is 140. The predicted octanol–water partition coefficient (Wildman–Crippen LogP) is 1.56. The van der Waals surface area contributed by atoms with Crippen LogP contribution in [0, 0.1) is 6.92 Å². The standard InChI is InChI=1S/C5H7PS/c1-4-2-5(6)7-3-4/h2-3H,6H2,1H3. The number of thiophene rings is 1. The minimum atomic E-state index is 1.32. The zero-order valence-electron chi connectivity index (χ0n) is 4.14. The average Bonchev–Trinajstić information content (AvgIpc) is 1.87. The molecule has 0 aliphatic rings. The second-order valence-electron chi connectivity index (χ2n) is 1.53. The van der Waals surface area contributed by atoms with Gasteiger partial charge in [0.25, 0.3) is 0 Å². The lowest BCUT2D eigenvalue weighted by atomic mass is 10.4. The molecule has 0 radical (unpaired) electrons. The molecule has 0 spiro atoms. The largest absolute Gasteiger partial charge is 0.144 e. The lowest BCUT2D eigenvalue weighted by molar-refractivity contribution is 1.57. The van der Waals surface area contributed by atoms with Crippen molar-refractivity contribution in [2.75, 3.05) is 0 Å². The summed E-state index contributed by atoms with van der Waals surface area (Å²) < 4.78 is 1.32. The molecule has 0 N–H and O–H groups in total. The number of rotatable bonds is 0. The summed E-state index contributed by atoms with van der Waals surface area (Å²) in [5.74, 6) is 0. The van der Waals surface area contributed by atoms with Crippen LogP contribution in [0.3, 0.4) is 0 Å². The lowest BCUT2D eigenvalue weighted by Crippen LogP contribution is -1.71. The highest BCUT2D eigenvalue weighted by Crippen LogP contribution is 2.03. The Labute approximate surface area is 49.8 Å². The monoisotopic (exact) mass is 130 g/mol. The molecule has 2 heteroatoms. The maximum absolute atomic E-state index is 2.67. The first-order chi connectivity index (χ1) is 3.29. The van der Waals surface area contributed by atoms with E-state index in [0.717, 1.165) is 0 Å². The Kier molecular flexibility index (Phi) is 1.46. The molecule has 0 nitrogen and oxygen atoms in total. The second-order valence-corrected chi connectivity index (χ2v) is 3.51. The molecule has 1 atom stereocenters. The van der Waals surface area contributed by atoms with Crippen molar-refractivity contribution < 1.29 is 0 Å². The van der Waals surface area contributed by atoms with Crippen LogP contribution in [0.5, 0.6) is 0 Å². The van der Waals surface area contributed by atoms with Crippen molar-refractivity contribution in [1.82, 2.24) is 0 Å². The molecule has 0 fully saturated rings. The van der Waals surface area contributed by atoms with Gasteiger partial charge < -0.3 is 0 Å². The maximum atomic E-state index is 2.67. The summed E-state index contributed by atoms with van der Waals surface area (Å²) >= 11 is 1.77. The van der Waals surface area contributed by atoms with E-state index in [2.05, 4.69) is 27.6 Å². The van der Waals surface area contributed by atoms with Gasteiger partial charge >= 0.3 is 0 Å². The van der Waals surface area contributed by atoms with Gasteiger partial charge in [0.1, 0.15) is 0 Å². The van der Waals surface area contributed by atoms with E-state index < -0.39 is 0 Å². The molecule has 38 valence electrons. The first-order valence-corrected chi connectivity index (χ1v) is 3.55. The highest BCUT2D eigenvalue weighted by Gasteiger charge is 1.84. The van der Waals surface area contributed by atoms with Crippen LogP contribution in [0.15, 0.2) is 11.4 Å². The summed E-state index contributed by atoms with van der Waals surface area (Å²) in [5.41, 5.74) is 1.36. The van der Waals surface area contributed by atoms with E-state index in [9.17, 15) is 0 Å². The summed E-state index contributed by atoms with van der Waals surface area (Å²) in [6.45, 7) is 2.10. The van der Waals surface area contributed by atoms with Crippen molar-refractivity contribution >= 4 is 25.2 Å². The van der Waals surface area contributed by atoms with Crippen molar-refractivity contribution in [2.24, 2.45) is 0 Å². The predicted molar refractivity (Wildman–Crippen MR) is 38.4 cm³/mol. The number of hydrogen-bond donors (Lipinski definition) is 0. The minimum Gasteiger partial charge on any atom is -0.144 e. The maximum Gasteiger partial charge on any atom is 0.0219 e. The molecule has 0 aliphatic carbocycles. The number of hydrogen-bond acceptors (Lipinski definition) is 1. The third-order valence-corrected chi connectivity index (χ3v) is 2.21. The van der Waals surface area contributed by atoms with E-state index in [1.807, 2.05) is 0 Å². The Morgan fingerprint density at radius 2 is 2.43 bits per heavy atom. The van der Waals surface area contributed by atoms with Crippen LogP contribution in [0.4, 0.5) is 0 Å². The lowest BCUT2D eigenvalue weighted by Gasteiger charge is -1.70. The fourth-order valence-electron chi connectivity index (χ4n) is 0.453. The van der Waals surface area contributed by atoms with E-state index in [4.69, 9.17) is 0 Å². The Morgan fingerprint density at radius 1 is 1.71 bits per heavy atom. The van der Waals surface area contributed by atoms with Crippen LogP contribution in [0.25, 0.3) is 0 Å². The molecule has 1 heterocycles.